The molecule has 96 valence electrons. The molecule has 0 amide bonds. The summed E-state index contributed by atoms with van der Waals surface area (Å²) in [6.45, 7) is 8.35. The van der Waals surface area contributed by atoms with Crippen LogP contribution >= 0.6 is 15.9 Å². The number of methoxy groups -OCH3 is 1. The summed E-state index contributed by atoms with van der Waals surface area (Å²) in [4.78, 5) is 0. The Morgan fingerprint density at radius 3 is 2.41 bits per heavy atom. The van der Waals surface area contributed by atoms with Gasteiger partial charge in [0.05, 0.1) is 0 Å². The highest BCUT2D eigenvalue weighted by atomic mass is 79.9. The van der Waals surface area contributed by atoms with Gasteiger partial charge in [0.25, 0.3) is 0 Å². The van der Waals surface area contributed by atoms with Gasteiger partial charge in [0.15, 0.2) is 0 Å². The molecular weight excluding hydrogens is 278 g/mol. The normalized spacial score (nSPS) is 13.7. The Balaban J connectivity index is 2.58. The van der Waals surface area contributed by atoms with E-state index in [1.54, 1.807) is 7.11 Å². The molecule has 3 heteroatoms. The first kappa shape index (κ1) is 14.7. The lowest BCUT2D eigenvalue weighted by Crippen LogP contribution is -2.39. The smallest absolute Gasteiger partial charge is 0.0499 e. The third kappa shape index (κ3) is 4.78. The number of benzene rings is 1. The molecule has 1 aromatic rings. The highest BCUT2D eigenvalue weighted by Crippen LogP contribution is 2.22. The van der Waals surface area contributed by atoms with Crippen molar-refractivity contribution in [3.63, 3.8) is 0 Å². The first-order valence-electron chi connectivity index (χ1n) is 5.95. The molecule has 0 heterocycles. The standard InChI is InChI=1S/C14H22BrNO/c1-11(10-17-4)9-16-14(2,3)12-5-7-13(15)8-6-12/h5-8,11,16H,9-10H2,1-4H3. The minimum atomic E-state index is -0.0112. The molecule has 1 aromatic carbocycles. The van der Waals surface area contributed by atoms with E-state index in [9.17, 15) is 0 Å². The first-order chi connectivity index (χ1) is 7.95. The van der Waals surface area contributed by atoms with Crippen LogP contribution in [-0.2, 0) is 10.3 Å². The van der Waals surface area contributed by atoms with Gasteiger partial charge in [0.1, 0.15) is 0 Å². The maximum Gasteiger partial charge on any atom is 0.0499 e. The van der Waals surface area contributed by atoms with Gasteiger partial charge in [-0.05, 0) is 37.5 Å². The third-order valence-electron chi connectivity index (χ3n) is 2.91. The molecule has 2 nitrogen and oxygen atoms in total. The van der Waals surface area contributed by atoms with Crippen molar-refractivity contribution in [1.82, 2.24) is 5.32 Å². The summed E-state index contributed by atoms with van der Waals surface area (Å²) < 4.78 is 6.26. The van der Waals surface area contributed by atoms with E-state index < -0.39 is 0 Å². The second kappa shape index (κ2) is 6.53. The van der Waals surface area contributed by atoms with Gasteiger partial charge in [-0.25, -0.2) is 0 Å². The molecule has 0 spiro atoms. The number of nitrogens with one attached hydrogen (secondary N) is 1. The van der Waals surface area contributed by atoms with Crippen molar-refractivity contribution in [2.45, 2.75) is 26.3 Å². The summed E-state index contributed by atoms with van der Waals surface area (Å²) in [7, 11) is 1.75. The summed E-state index contributed by atoms with van der Waals surface area (Å²) in [5.74, 6) is 0.523. The van der Waals surface area contributed by atoms with Crippen LogP contribution in [0.1, 0.15) is 26.3 Å². The van der Waals surface area contributed by atoms with Crippen molar-refractivity contribution >= 4 is 15.9 Å². The van der Waals surface area contributed by atoms with Gasteiger partial charge in [-0.15, -0.1) is 0 Å². The number of halogens is 1. The fourth-order valence-corrected chi connectivity index (χ4v) is 2.01. The van der Waals surface area contributed by atoms with Gasteiger partial charge < -0.3 is 10.1 Å². The van der Waals surface area contributed by atoms with Crippen molar-refractivity contribution in [2.75, 3.05) is 20.3 Å². The Labute approximate surface area is 113 Å². The maximum atomic E-state index is 5.14. The topological polar surface area (TPSA) is 21.3 Å². The molecule has 0 aromatic heterocycles. The molecule has 17 heavy (non-hydrogen) atoms. The van der Waals surface area contributed by atoms with Gasteiger partial charge in [0.2, 0.25) is 0 Å². The van der Waals surface area contributed by atoms with Crippen molar-refractivity contribution in [3.05, 3.63) is 34.3 Å². The minimum absolute atomic E-state index is 0.0112. The van der Waals surface area contributed by atoms with Gasteiger partial charge in [-0.1, -0.05) is 35.0 Å². The molecule has 1 N–H and O–H groups in total. The van der Waals surface area contributed by atoms with E-state index >= 15 is 0 Å². The maximum absolute atomic E-state index is 5.14. The highest BCUT2D eigenvalue weighted by molar-refractivity contribution is 9.10. The molecule has 0 aliphatic heterocycles. The average molecular weight is 300 g/mol. The van der Waals surface area contributed by atoms with Gasteiger partial charge in [0, 0.05) is 30.3 Å². The van der Waals surface area contributed by atoms with E-state index in [1.165, 1.54) is 5.56 Å². The zero-order valence-electron chi connectivity index (χ0n) is 11.1. The van der Waals surface area contributed by atoms with Crippen LogP contribution in [0.15, 0.2) is 28.7 Å². The molecule has 0 fully saturated rings. The molecule has 0 saturated carbocycles. The van der Waals surface area contributed by atoms with Crippen molar-refractivity contribution < 1.29 is 4.74 Å². The van der Waals surface area contributed by atoms with Gasteiger partial charge in [-0.3, -0.25) is 0 Å². The lowest BCUT2D eigenvalue weighted by atomic mass is 9.94. The van der Waals surface area contributed by atoms with Crippen LogP contribution in [0.4, 0.5) is 0 Å². The molecule has 1 rings (SSSR count). The molecule has 0 aliphatic rings. The Morgan fingerprint density at radius 1 is 1.29 bits per heavy atom. The van der Waals surface area contributed by atoms with Crippen LogP contribution < -0.4 is 5.32 Å². The molecule has 0 radical (unpaired) electrons. The average Bonchev–Trinajstić information content (AvgIpc) is 2.28. The lowest BCUT2D eigenvalue weighted by molar-refractivity contribution is 0.153. The van der Waals surface area contributed by atoms with Crippen LogP contribution in [0, 0.1) is 5.92 Å². The Morgan fingerprint density at radius 2 is 1.88 bits per heavy atom. The minimum Gasteiger partial charge on any atom is -0.384 e. The molecule has 0 saturated heterocycles. The summed E-state index contributed by atoms with van der Waals surface area (Å²) in [5.41, 5.74) is 1.29. The van der Waals surface area contributed by atoms with E-state index in [1.807, 2.05) is 0 Å². The predicted octanol–water partition coefficient (Wildman–Crippen LogP) is 3.56. The lowest BCUT2D eigenvalue weighted by Gasteiger charge is -2.28. The van der Waals surface area contributed by atoms with Crippen molar-refractivity contribution in [2.24, 2.45) is 5.92 Å². The van der Waals surface area contributed by atoms with Crippen LogP contribution in [0.2, 0.25) is 0 Å². The zero-order valence-corrected chi connectivity index (χ0v) is 12.7. The molecular formula is C14H22BrNO. The number of hydrogen-bond acceptors (Lipinski definition) is 2. The molecule has 0 bridgehead atoms. The van der Waals surface area contributed by atoms with Crippen LogP contribution in [0.3, 0.4) is 0 Å². The first-order valence-corrected chi connectivity index (χ1v) is 6.75. The third-order valence-corrected chi connectivity index (χ3v) is 3.44. The van der Waals surface area contributed by atoms with E-state index in [0.29, 0.717) is 5.92 Å². The Kier molecular flexibility index (Phi) is 5.63. The van der Waals surface area contributed by atoms with Crippen LogP contribution in [0.25, 0.3) is 0 Å². The SMILES string of the molecule is COCC(C)CNC(C)(C)c1ccc(Br)cc1. The quantitative estimate of drug-likeness (QED) is 0.867. The zero-order chi connectivity index (χ0) is 12.9. The molecule has 1 unspecified atom stereocenters. The van der Waals surface area contributed by atoms with E-state index in [2.05, 4.69) is 66.3 Å². The largest absolute Gasteiger partial charge is 0.384 e. The molecule has 0 aliphatic carbocycles. The van der Waals surface area contributed by atoms with Gasteiger partial charge in [-0.2, -0.15) is 0 Å². The number of ether oxygens (including phenoxy) is 1. The van der Waals surface area contributed by atoms with E-state index in [4.69, 9.17) is 4.74 Å². The Hall–Kier alpha value is -0.380. The molecule has 1 atom stereocenters. The highest BCUT2D eigenvalue weighted by Gasteiger charge is 2.20. The van der Waals surface area contributed by atoms with E-state index in [-0.39, 0.29) is 5.54 Å². The summed E-state index contributed by atoms with van der Waals surface area (Å²) >= 11 is 3.46. The summed E-state index contributed by atoms with van der Waals surface area (Å²) in [6.07, 6.45) is 0. The van der Waals surface area contributed by atoms with Crippen LogP contribution in [-0.4, -0.2) is 20.3 Å². The monoisotopic (exact) mass is 299 g/mol. The summed E-state index contributed by atoms with van der Waals surface area (Å²) in [6, 6.07) is 8.46. The number of rotatable bonds is 6. The van der Waals surface area contributed by atoms with Crippen molar-refractivity contribution in [3.8, 4) is 0 Å². The van der Waals surface area contributed by atoms with Crippen LogP contribution in [0.5, 0.6) is 0 Å². The second-order valence-electron chi connectivity index (χ2n) is 5.07. The van der Waals surface area contributed by atoms with Gasteiger partial charge >= 0.3 is 0 Å². The Bertz CT molecular complexity index is 335. The second-order valence-corrected chi connectivity index (χ2v) is 5.99. The predicted molar refractivity (Wildman–Crippen MR) is 76.2 cm³/mol. The fraction of sp³-hybridized carbons (Fsp3) is 0.571. The van der Waals surface area contributed by atoms with Crippen molar-refractivity contribution in [1.29, 1.82) is 0 Å². The number of hydrogen-bond donors (Lipinski definition) is 1. The van der Waals surface area contributed by atoms with E-state index in [0.717, 1.165) is 17.6 Å². The fourth-order valence-electron chi connectivity index (χ4n) is 1.74. The summed E-state index contributed by atoms with van der Waals surface area (Å²) in [5, 5.41) is 3.58.